The molecule has 80 valence electrons. The van der Waals surface area contributed by atoms with Gasteiger partial charge in [-0.2, -0.15) is 0 Å². The predicted molar refractivity (Wildman–Crippen MR) is 60.5 cm³/mol. The van der Waals surface area contributed by atoms with Crippen molar-refractivity contribution in [1.29, 1.82) is 0 Å². The molecular formula is C10H18N2OS. The van der Waals surface area contributed by atoms with Crippen LogP contribution in [0.25, 0.3) is 0 Å². The summed E-state index contributed by atoms with van der Waals surface area (Å²) in [6, 6.07) is 0. The molecule has 14 heavy (non-hydrogen) atoms. The highest BCUT2D eigenvalue weighted by Crippen LogP contribution is 2.43. The third-order valence-electron chi connectivity index (χ3n) is 2.31. The first-order valence-corrected chi connectivity index (χ1v) is 5.44. The fraction of sp³-hybridized carbons (Fsp3) is 0.700. The van der Waals surface area contributed by atoms with Gasteiger partial charge in [-0.3, -0.25) is 10.5 Å². The molecule has 0 spiro atoms. The van der Waals surface area contributed by atoms with Gasteiger partial charge in [-0.15, -0.1) is 0 Å². The molecule has 0 aromatic rings. The maximum absolute atomic E-state index is 11.6. The molecular weight excluding hydrogens is 196 g/mol. The summed E-state index contributed by atoms with van der Waals surface area (Å²) in [5.74, 6) is -0.0151. The number of rotatable bonds is 0. The van der Waals surface area contributed by atoms with Crippen LogP contribution in [-0.4, -0.2) is 22.8 Å². The van der Waals surface area contributed by atoms with Crippen LogP contribution in [0.3, 0.4) is 0 Å². The Morgan fingerprint density at radius 1 is 1.50 bits per heavy atom. The Morgan fingerprint density at radius 3 is 2.36 bits per heavy atom. The van der Waals surface area contributed by atoms with Crippen molar-refractivity contribution < 1.29 is 4.79 Å². The Kier molecular flexibility index (Phi) is 2.71. The van der Waals surface area contributed by atoms with Crippen molar-refractivity contribution in [2.45, 2.75) is 32.7 Å². The van der Waals surface area contributed by atoms with E-state index in [1.807, 2.05) is 6.92 Å². The number of thioether (sulfide) groups is 1. The smallest absolute Gasteiger partial charge is 0.249 e. The summed E-state index contributed by atoms with van der Waals surface area (Å²) < 4.78 is 0. The predicted octanol–water partition coefficient (Wildman–Crippen LogP) is 1.75. The third kappa shape index (κ3) is 2.12. The zero-order chi connectivity index (χ0) is 11.1. The molecule has 0 aliphatic carbocycles. The molecule has 1 heterocycles. The first-order valence-electron chi connectivity index (χ1n) is 4.62. The highest BCUT2D eigenvalue weighted by molar-refractivity contribution is 8.04. The average Bonchev–Trinajstić information content (AvgIpc) is 1.97. The van der Waals surface area contributed by atoms with Crippen LogP contribution in [0.5, 0.6) is 0 Å². The zero-order valence-corrected chi connectivity index (χ0v) is 10.2. The lowest BCUT2D eigenvalue weighted by Gasteiger charge is -2.41. The largest absolute Gasteiger partial charge is 0.315 e. The number of hydrogen-bond donors (Lipinski definition) is 1. The van der Waals surface area contributed by atoms with Gasteiger partial charge in [0.25, 0.3) is 0 Å². The Morgan fingerprint density at radius 2 is 2.00 bits per heavy atom. The lowest BCUT2D eigenvalue weighted by Crippen LogP contribution is -2.53. The number of carbonyl (C=O) groups is 1. The van der Waals surface area contributed by atoms with Crippen LogP contribution in [0.2, 0.25) is 0 Å². The van der Waals surface area contributed by atoms with Crippen LogP contribution < -0.4 is 5.73 Å². The summed E-state index contributed by atoms with van der Waals surface area (Å²) in [7, 11) is 1.73. The molecule has 1 atom stereocenters. The molecule has 2 N–H and O–H groups in total. The van der Waals surface area contributed by atoms with E-state index in [0.29, 0.717) is 0 Å². The van der Waals surface area contributed by atoms with Crippen LogP contribution in [0.4, 0.5) is 0 Å². The van der Waals surface area contributed by atoms with Crippen LogP contribution in [-0.2, 0) is 4.79 Å². The average molecular weight is 214 g/mol. The molecule has 0 fully saturated rings. The minimum Gasteiger partial charge on any atom is -0.315 e. The summed E-state index contributed by atoms with van der Waals surface area (Å²) in [6.45, 7) is 8.11. The van der Waals surface area contributed by atoms with Gasteiger partial charge in [0.15, 0.2) is 0 Å². The Balaban J connectivity index is 3.05. The van der Waals surface area contributed by atoms with Gasteiger partial charge in [0.1, 0.15) is 4.99 Å². The number of nitrogens with zero attached hydrogens (tertiary/aromatic N) is 1. The molecule has 0 radical (unpaired) electrons. The van der Waals surface area contributed by atoms with E-state index in [4.69, 9.17) is 5.73 Å². The fourth-order valence-electron chi connectivity index (χ4n) is 1.12. The van der Waals surface area contributed by atoms with Gasteiger partial charge in [0, 0.05) is 13.1 Å². The van der Waals surface area contributed by atoms with Gasteiger partial charge >= 0.3 is 0 Å². The number of allylic oxidation sites excluding steroid dienone is 1. The van der Waals surface area contributed by atoms with Gasteiger partial charge in [-0.25, -0.2) is 0 Å². The maximum Gasteiger partial charge on any atom is 0.249 e. The molecule has 3 nitrogen and oxygen atoms in total. The lowest BCUT2D eigenvalue weighted by atomic mass is 9.95. The van der Waals surface area contributed by atoms with E-state index in [2.05, 4.69) is 20.8 Å². The van der Waals surface area contributed by atoms with Gasteiger partial charge in [0.05, 0.1) is 0 Å². The zero-order valence-electron chi connectivity index (χ0n) is 9.42. The number of nitrogens with two attached hydrogens (primary N) is 1. The van der Waals surface area contributed by atoms with E-state index in [-0.39, 0.29) is 11.3 Å². The Hall–Kier alpha value is -0.480. The molecule has 0 bridgehead atoms. The summed E-state index contributed by atoms with van der Waals surface area (Å²) in [5, 5.41) is 0. The van der Waals surface area contributed by atoms with Crippen molar-refractivity contribution in [2.24, 2.45) is 11.1 Å². The first-order chi connectivity index (χ1) is 6.14. The molecule has 0 aromatic heterocycles. The second-order valence-corrected chi connectivity index (χ2v) is 6.28. The molecule has 4 heteroatoms. The summed E-state index contributed by atoms with van der Waals surface area (Å²) in [5.41, 5.74) is 6.01. The van der Waals surface area contributed by atoms with Gasteiger partial charge in [-0.1, -0.05) is 32.5 Å². The molecule has 1 aliphatic rings. The molecule has 0 saturated heterocycles. The van der Waals surface area contributed by atoms with Crippen LogP contribution >= 0.6 is 11.8 Å². The van der Waals surface area contributed by atoms with Crippen molar-refractivity contribution in [2.75, 3.05) is 7.05 Å². The second-order valence-electron chi connectivity index (χ2n) is 4.81. The molecule has 0 aromatic carbocycles. The highest BCUT2D eigenvalue weighted by atomic mass is 32.2. The van der Waals surface area contributed by atoms with Crippen LogP contribution in [0.1, 0.15) is 27.7 Å². The summed E-state index contributed by atoms with van der Waals surface area (Å²) in [6.07, 6.45) is 1.68. The topological polar surface area (TPSA) is 46.3 Å². The number of amides is 1. The molecule has 1 aliphatic heterocycles. The lowest BCUT2D eigenvalue weighted by molar-refractivity contribution is -0.127. The van der Waals surface area contributed by atoms with Crippen molar-refractivity contribution in [3.8, 4) is 0 Å². The monoisotopic (exact) mass is 214 g/mol. The normalized spacial score (nSPS) is 29.1. The van der Waals surface area contributed by atoms with E-state index >= 15 is 0 Å². The number of carbonyl (C=O) groups excluding carboxylic acids is 1. The number of likely N-dealkylation sites (N-methyl/N-ethyl adjacent to an activating group) is 1. The molecule has 0 saturated carbocycles. The van der Waals surface area contributed by atoms with Gasteiger partial charge < -0.3 is 4.90 Å². The van der Waals surface area contributed by atoms with Crippen molar-refractivity contribution in [3.05, 3.63) is 11.0 Å². The van der Waals surface area contributed by atoms with Crippen molar-refractivity contribution in [3.63, 3.8) is 0 Å². The van der Waals surface area contributed by atoms with Crippen LogP contribution in [0, 0.1) is 5.41 Å². The van der Waals surface area contributed by atoms with E-state index in [1.165, 1.54) is 0 Å². The Labute approximate surface area is 89.7 Å². The van der Waals surface area contributed by atoms with E-state index < -0.39 is 4.99 Å². The maximum atomic E-state index is 11.6. The van der Waals surface area contributed by atoms with E-state index in [1.54, 1.807) is 29.8 Å². The second kappa shape index (κ2) is 3.28. The minimum atomic E-state index is -0.631. The highest BCUT2D eigenvalue weighted by Gasteiger charge is 2.37. The van der Waals surface area contributed by atoms with Crippen molar-refractivity contribution >= 4 is 17.7 Å². The quantitative estimate of drug-likeness (QED) is 0.668. The molecule has 1 unspecified atom stereocenters. The summed E-state index contributed by atoms with van der Waals surface area (Å²) in [4.78, 5) is 13.6. The Bertz CT molecular complexity index is 289. The number of hydrogen-bond acceptors (Lipinski definition) is 3. The van der Waals surface area contributed by atoms with E-state index in [9.17, 15) is 4.79 Å². The van der Waals surface area contributed by atoms with Gasteiger partial charge in [0.2, 0.25) is 5.91 Å². The summed E-state index contributed by atoms with van der Waals surface area (Å²) >= 11 is 1.55. The molecule has 1 rings (SSSR count). The fourth-order valence-corrected chi connectivity index (χ4v) is 2.26. The van der Waals surface area contributed by atoms with E-state index in [0.717, 1.165) is 4.91 Å². The third-order valence-corrected chi connectivity index (χ3v) is 3.94. The first kappa shape index (κ1) is 11.6. The minimum absolute atomic E-state index is 0.0117. The van der Waals surface area contributed by atoms with Gasteiger partial charge in [-0.05, 0) is 17.2 Å². The van der Waals surface area contributed by atoms with Crippen molar-refractivity contribution in [1.82, 2.24) is 4.90 Å². The SMILES string of the molecule is CN1C(=O)C=C(C(C)(C)C)SC1(C)N. The standard InChI is InChI=1S/C10H18N2OS/c1-9(2,3)7-6-8(13)12(5)10(4,11)14-7/h6H,11H2,1-5H3. The molecule has 1 amide bonds. The van der Waals surface area contributed by atoms with Crippen LogP contribution in [0.15, 0.2) is 11.0 Å².